The summed E-state index contributed by atoms with van der Waals surface area (Å²) in [4.78, 5) is 22.2. The van der Waals surface area contributed by atoms with Crippen LogP contribution in [0.5, 0.6) is 0 Å². The molecule has 0 aliphatic carbocycles. The van der Waals surface area contributed by atoms with Crippen molar-refractivity contribution in [3.63, 3.8) is 0 Å². The van der Waals surface area contributed by atoms with Crippen LogP contribution in [0.4, 0.5) is 0 Å². The zero-order valence-electron chi connectivity index (χ0n) is 19.6. The molecule has 2 atom stereocenters. The van der Waals surface area contributed by atoms with E-state index in [1.54, 1.807) is 6.20 Å². The van der Waals surface area contributed by atoms with Gasteiger partial charge in [-0.1, -0.05) is 42.3 Å². The highest BCUT2D eigenvalue weighted by molar-refractivity contribution is 6.42. The fourth-order valence-corrected chi connectivity index (χ4v) is 5.98. The molecule has 4 nitrogen and oxygen atoms in total. The summed E-state index contributed by atoms with van der Waals surface area (Å²) in [5.74, 6) is 1.43. The maximum Gasteiger partial charge on any atom is 0.253 e. The standard InChI is InChI=1S/C28H31Cl2N3O/c1-19-18-33(12-8-21(19)15-20-4-6-25(29)26(30)16-20)24-9-13-32(14-10-24)28(34)23-5-7-27-22(17-23)3-2-11-31-27/h2-7,11,16-17,19,21,24H,8-10,12-15,18H2,1H3/t19-,21-/m1/s1. The lowest BCUT2D eigenvalue weighted by molar-refractivity contribution is 0.0436. The van der Waals surface area contributed by atoms with Crippen molar-refractivity contribution >= 4 is 40.0 Å². The molecule has 3 heterocycles. The smallest absolute Gasteiger partial charge is 0.253 e. The maximum absolute atomic E-state index is 13.1. The van der Waals surface area contributed by atoms with Crippen LogP contribution >= 0.6 is 23.2 Å². The summed E-state index contributed by atoms with van der Waals surface area (Å²) >= 11 is 12.3. The molecular weight excluding hydrogens is 465 g/mol. The van der Waals surface area contributed by atoms with Gasteiger partial charge in [0.2, 0.25) is 0 Å². The zero-order chi connectivity index (χ0) is 23.7. The third-order valence-corrected chi connectivity index (χ3v) is 8.45. The Morgan fingerprint density at radius 2 is 1.82 bits per heavy atom. The molecule has 1 amide bonds. The van der Waals surface area contributed by atoms with Crippen LogP contribution in [0, 0.1) is 11.8 Å². The van der Waals surface area contributed by atoms with Gasteiger partial charge < -0.3 is 4.90 Å². The number of hydrogen-bond acceptors (Lipinski definition) is 3. The second-order valence-electron chi connectivity index (χ2n) is 9.91. The summed E-state index contributed by atoms with van der Waals surface area (Å²) in [6, 6.07) is 16.3. The number of fused-ring (bicyclic) bond motifs is 1. The predicted octanol–water partition coefficient (Wildman–Crippen LogP) is 6.35. The number of amides is 1. The van der Waals surface area contributed by atoms with Crippen LogP contribution in [-0.2, 0) is 6.42 Å². The minimum Gasteiger partial charge on any atom is -0.339 e. The van der Waals surface area contributed by atoms with Crippen molar-refractivity contribution in [1.29, 1.82) is 0 Å². The summed E-state index contributed by atoms with van der Waals surface area (Å²) < 4.78 is 0. The Morgan fingerprint density at radius 3 is 2.59 bits per heavy atom. The summed E-state index contributed by atoms with van der Waals surface area (Å²) in [5.41, 5.74) is 2.96. The van der Waals surface area contributed by atoms with E-state index in [1.807, 2.05) is 47.4 Å². The molecule has 2 aliphatic rings. The summed E-state index contributed by atoms with van der Waals surface area (Å²) in [5, 5.41) is 2.28. The molecule has 2 fully saturated rings. The third-order valence-electron chi connectivity index (χ3n) is 7.71. The van der Waals surface area contributed by atoms with Crippen molar-refractivity contribution in [3.05, 3.63) is 75.9 Å². The SMILES string of the molecule is C[C@@H]1CN(C2CCN(C(=O)c3ccc4ncccc4c3)CC2)CC[C@@H]1Cc1ccc(Cl)c(Cl)c1. The highest BCUT2D eigenvalue weighted by atomic mass is 35.5. The normalized spacial score (nSPS) is 22.3. The molecule has 2 saturated heterocycles. The van der Waals surface area contributed by atoms with Crippen molar-refractivity contribution in [3.8, 4) is 0 Å². The number of carbonyl (C=O) groups is 1. The highest BCUT2D eigenvalue weighted by Crippen LogP contribution is 2.32. The van der Waals surface area contributed by atoms with E-state index in [0.29, 0.717) is 27.9 Å². The molecule has 0 bridgehead atoms. The Hall–Kier alpha value is -2.14. The predicted molar refractivity (Wildman–Crippen MR) is 140 cm³/mol. The van der Waals surface area contributed by atoms with Crippen LogP contribution < -0.4 is 0 Å². The van der Waals surface area contributed by atoms with E-state index in [1.165, 1.54) is 12.0 Å². The topological polar surface area (TPSA) is 36.4 Å². The number of benzene rings is 2. The minimum atomic E-state index is 0.137. The van der Waals surface area contributed by atoms with Gasteiger partial charge in [-0.25, -0.2) is 0 Å². The van der Waals surface area contributed by atoms with Crippen LogP contribution in [0.3, 0.4) is 0 Å². The van der Waals surface area contributed by atoms with E-state index in [4.69, 9.17) is 23.2 Å². The molecule has 1 aromatic heterocycles. The van der Waals surface area contributed by atoms with Gasteiger partial charge >= 0.3 is 0 Å². The lowest BCUT2D eigenvalue weighted by Crippen LogP contribution is -2.51. The zero-order valence-corrected chi connectivity index (χ0v) is 21.1. The Balaban J connectivity index is 1.14. The Labute approximate surface area is 211 Å². The van der Waals surface area contributed by atoms with Gasteiger partial charge in [-0.2, -0.15) is 0 Å². The highest BCUT2D eigenvalue weighted by Gasteiger charge is 2.33. The molecule has 0 spiro atoms. The molecule has 5 rings (SSSR count). The van der Waals surface area contributed by atoms with E-state index < -0.39 is 0 Å². The number of carbonyl (C=O) groups excluding carboxylic acids is 1. The van der Waals surface area contributed by atoms with Gasteiger partial charge in [0.25, 0.3) is 5.91 Å². The van der Waals surface area contributed by atoms with Crippen LogP contribution in [0.2, 0.25) is 10.0 Å². The number of piperidine rings is 2. The first-order valence-electron chi connectivity index (χ1n) is 12.3. The largest absolute Gasteiger partial charge is 0.339 e. The van der Waals surface area contributed by atoms with E-state index in [-0.39, 0.29) is 5.91 Å². The van der Waals surface area contributed by atoms with Gasteiger partial charge in [0.1, 0.15) is 0 Å². The van der Waals surface area contributed by atoms with Gasteiger partial charge in [0.15, 0.2) is 0 Å². The number of hydrogen-bond donors (Lipinski definition) is 0. The Morgan fingerprint density at radius 1 is 1.00 bits per heavy atom. The number of halogens is 2. The van der Waals surface area contributed by atoms with Gasteiger partial charge in [0.05, 0.1) is 15.6 Å². The van der Waals surface area contributed by atoms with E-state index in [2.05, 4.69) is 22.9 Å². The second kappa shape index (κ2) is 10.2. The van der Waals surface area contributed by atoms with Crippen LogP contribution in [0.25, 0.3) is 10.9 Å². The number of nitrogens with zero attached hydrogens (tertiary/aromatic N) is 3. The quantitative estimate of drug-likeness (QED) is 0.423. The minimum absolute atomic E-state index is 0.137. The van der Waals surface area contributed by atoms with Crippen molar-refractivity contribution in [1.82, 2.24) is 14.8 Å². The van der Waals surface area contributed by atoms with Gasteiger partial charge in [0, 0.05) is 42.8 Å². The van der Waals surface area contributed by atoms with Gasteiger partial charge in [-0.3, -0.25) is 14.7 Å². The fraction of sp³-hybridized carbons (Fsp3) is 0.429. The molecule has 0 radical (unpaired) electrons. The molecule has 3 aromatic rings. The van der Waals surface area contributed by atoms with E-state index in [0.717, 1.165) is 61.9 Å². The van der Waals surface area contributed by atoms with Crippen LogP contribution in [0.15, 0.2) is 54.7 Å². The fourth-order valence-electron chi connectivity index (χ4n) is 5.66. The molecular formula is C28H31Cl2N3O. The second-order valence-corrected chi connectivity index (χ2v) is 10.7. The molecule has 178 valence electrons. The molecule has 34 heavy (non-hydrogen) atoms. The van der Waals surface area contributed by atoms with Crippen LogP contribution in [-0.4, -0.2) is 52.9 Å². The molecule has 6 heteroatoms. The summed E-state index contributed by atoms with van der Waals surface area (Å²) in [6.07, 6.45) is 6.13. The van der Waals surface area contributed by atoms with Gasteiger partial charge in [-0.05, 0) is 86.0 Å². The summed E-state index contributed by atoms with van der Waals surface area (Å²) in [6.45, 7) is 6.29. The Kier molecular flexibility index (Phi) is 7.10. The summed E-state index contributed by atoms with van der Waals surface area (Å²) in [7, 11) is 0. The molecule has 0 N–H and O–H groups in total. The number of rotatable bonds is 4. The van der Waals surface area contributed by atoms with Crippen molar-refractivity contribution < 1.29 is 4.79 Å². The monoisotopic (exact) mass is 495 g/mol. The molecule has 0 unspecified atom stereocenters. The van der Waals surface area contributed by atoms with Crippen molar-refractivity contribution in [2.45, 2.75) is 38.6 Å². The first-order valence-corrected chi connectivity index (χ1v) is 13.1. The van der Waals surface area contributed by atoms with Crippen molar-refractivity contribution in [2.24, 2.45) is 11.8 Å². The molecule has 2 aliphatic heterocycles. The lowest BCUT2D eigenvalue weighted by atomic mass is 9.81. The average molecular weight is 496 g/mol. The third kappa shape index (κ3) is 5.10. The lowest BCUT2D eigenvalue weighted by Gasteiger charge is -2.44. The van der Waals surface area contributed by atoms with E-state index >= 15 is 0 Å². The Bertz CT molecular complexity index is 1180. The molecule has 2 aromatic carbocycles. The number of pyridine rings is 1. The van der Waals surface area contributed by atoms with Gasteiger partial charge in [-0.15, -0.1) is 0 Å². The average Bonchev–Trinajstić information content (AvgIpc) is 2.87. The molecule has 0 saturated carbocycles. The maximum atomic E-state index is 13.1. The van der Waals surface area contributed by atoms with Crippen LogP contribution in [0.1, 0.15) is 42.1 Å². The first-order chi connectivity index (χ1) is 16.5. The first kappa shape index (κ1) is 23.6. The van der Waals surface area contributed by atoms with E-state index in [9.17, 15) is 4.79 Å². The van der Waals surface area contributed by atoms with Crippen molar-refractivity contribution in [2.75, 3.05) is 26.2 Å². The number of likely N-dealkylation sites (tertiary alicyclic amines) is 2. The number of aromatic nitrogens is 1.